The van der Waals surface area contributed by atoms with E-state index in [-0.39, 0.29) is 16.5 Å². The van der Waals surface area contributed by atoms with Crippen molar-refractivity contribution in [3.8, 4) is 9.88 Å². The molecule has 0 radical (unpaired) electrons. The number of hydrogen-bond donors (Lipinski definition) is 1. The van der Waals surface area contributed by atoms with Crippen LogP contribution in [0.5, 0.6) is 0 Å². The average molecular weight is 419 g/mol. The van der Waals surface area contributed by atoms with Gasteiger partial charge in [-0.3, -0.25) is 0 Å². The summed E-state index contributed by atoms with van der Waals surface area (Å²) in [5.74, 6) is 0. The van der Waals surface area contributed by atoms with Crippen molar-refractivity contribution in [2.24, 2.45) is 0 Å². The first kappa shape index (κ1) is 17.8. The summed E-state index contributed by atoms with van der Waals surface area (Å²) in [6.45, 7) is 2.02. The second kappa shape index (κ2) is 7.11. The maximum Gasteiger partial charge on any atom is 0.242 e. The molecule has 0 atom stereocenters. The molecule has 0 spiro atoms. The highest BCUT2D eigenvalue weighted by atomic mass is 35.5. The molecule has 3 aromatic rings. The highest BCUT2D eigenvalue weighted by molar-refractivity contribution is 7.89. The van der Waals surface area contributed by atoms with Gasteiger partial charge < -0.3 is 0 Å². The minimum atomic E-state index is -3.76. The molecule has 0 amide bonds. The van der Waals surface area contributed by atoms with Crippen molar-refractivity contribution in [3.63, 3.8) is 0 Å². The summed E-state index contributed by atoms with van der Waals surface area (Å²) in [4.78, 5) is 6.40. The molecule has 9 heteroatoms. The normalized spacial score (nSPS) is 11.8. The molecule has 0 aliphatic heterocycles. The molecule has 126 valence electrons. The van der Waals surface area contributed by atoms with E-state index in [2.05, 4.69) is 9.71 Å². The molecule has 1 aromatic carbocycles. The van der Waals surface area contributed by atoms with Crippen LogP contribution in [0.3, 0.4) is 0 Å². The first-order chi connectivity index (χ1) is 11.4. The van der Waals surface area contributed by atoms with E-state index < -0.39 is 10.0 Å². The van der Waals surface area contributed by atoms with Gasteiger partial charge in [-0.25, -0.2) is 18.1 Å². The molecular formula is C15H12Cl2N2O2S3. The van der Waals surface area contributed by atoms with Crippen molar-refractivity contribution in [2.75, 3.05) is 0 Å². The summed E-state index contributed by atoms with van der Waals surface area (Å²) in [7, 11) is -3.76. The Morgan fingerprint density at radius 2 is 2.04 bits per heavy atom. The zero-order valence-electron chi connectivity index (χ0n) is 12.4. The van der Waals surface area contributed by atoms with Crippen LogP contribution in [0, 0.1) is 6.92 Å². The summed E-state index contributed by atoms with van der Waals surface area (Å²) in [5.41, 5.74) is 0.809. The SMILES string of the molecule is Cc1nc(-c2cccs2)sc1CNS(=O)(=O)c1cc(Cl)ccc1Cl. The Hall–Kier alpha value is -0.960. The molecule has 3 rings (SSSR count). The summed E-state index contributed by atoms with van der Waals surface area (Å²) in [6.07, 6.45) is 0. The molecule has 0 unspecified atom stereocenters. The van der Waals surface area contributed by atoms with Crippen LogP contribution < -0.4 is 4.72 Å². The lowest BCUT2D eigenvalue weighted by molar-refractivity contribution is 0.581. The van der Waals surface area contributed by atoms with Crippen molar-refractivity contribution in [2.45, 2.75) is 18.4 Å². The molecule has 2 heterocycles. The number of rotatable bonds is 5. The number of hydrogen-bond acceptors (Lipinski definition) is 5. The second-order valence-electron chi connectivity index (χ2n) is 4.90. The summed E-state index contributed by atoms with van der Waals surface area (Å²) in [6, 6.07) is 8.29. The third-order valence-corrected chi connectivity index (χ3v) is 7.54. The summed E-state index contributed by atoms with van der Waals surface area (Å²) >= 11 is 14.9. The molecule has 0 fully saturated rings. The quantitative estimate of drug-likeness (QED) is 0.636. The Labute approximate surface area is 158 Å². The number of halogens is 2. The first-order valence-corrected chi connectivity index (χ1v) is 10.8. The van der Waals surface area contributed by atoms with Crippen molar-refractivity contribution >= 4 is 55.9 Å². The second-order valence-corrected chi connectivity index (χ2v) is 9.51. The lowest BCUT2D eigenvalue weighted by atomic mass is 10.4. The van der Waals surface area contributed by atoms with Crippen LogP contribution in [-0.4, -0.2) is 13.4 Å². The maximum absolute atomic E-state index is 12.5. The minimum Gasteiger partial charge on any atom is -0.240 e. The summed E-state index contributed by atoms with van der Waals surface area (Å²) < 4.78 is 27.5. The minimum absolute atomic E-state index is 0.0303. The van der Waals surface area contributed by atoms with E-state index in [4.69, 9.17) is 23.2 Å². The maximum atomic E-state index is 12.5. The van der Waals surface area contributed by atoms with Crippen LogP contribution in [0.15, 0.2) is 40.6 Å². The van der Waals surface area contributed by atoms with Gasteiger partial charge in [0.25, 0.3) is 0 Å². The molecule has 24 heavy (non-hydrogen) atoms. The fraction of sp³-hybridized carbons (Fsp3) is 0.133. The van der Waals surface area contributed by atoms with Crippen LogP contribution in [0.2, 0.25) is 10.0 Å². The third-order valence-electron chi connectivity index (χ3n) is 3.23. The number of aryl methyl sites for hydroxylation is 1. The first-order valence-electron chi connectivity index (χ1n) is 6.82. The molecule has 0 aliphatic rings. The van der Waals surface area contributed by atoms with Crippen LogP contribution in [0.1, 0.15) is 10.6 Å². The standard InChI is InChI=1S/C15H12Cl2N2O2S3/c1-9-13(23-15(19-9)12-3-2-6-22-12)8-18-24(20,21)14-7-10(16)4-5-11(14)17/h2-7,18H,8H2,1H3. The largest absolute Gasteiger partial charge is 0.242 e. The van der Waals surface area contributed by atoms with E-state index in [9.17, 15) is 8.42 Å². The van der Waals surface area contributed by atoms with Gasteiger partial charge in [0.2, 0.25) is 10.0 Å². The van der Waals surface area contributed by atoms with Gasteiger partial charge in [-0.1, -0.05) is 29.3 Å². The van der Waals surface area contributed by atoms with Gasteiger partial charge in [-0.15, -0.1) is 22.7 Å². The number of thiophene rings is 1. The monoisotopic (exact) mass is 418 g/mol. The average Bonchev–Trinajstić information content (AvgIpc) is 3.17. The molecular weight excluding hydrogens is 407 g/mol. The molecule has 1 N–H and O–H groups in total. The topological polar surface area (TPSA) is 59.1 Å². The Bertz CT molecular complexity index is 967. The predicted octanol–water partition coefficient (Wildman–Crippen LogP) is 4.97. The van der Waals surface area contributed by atoms with Crippen molar-refractivity contribution in [1.29, 1.82) is 0 Å². The lowest BCUT2D eigenvalue weighted by Gasteiger charge is -2.08. The Kier molecular flexibility index (Phi) is 5.29. The Morgan fingerprint density at radius 3 is 2.75 bits per heavy atom. The van der Waals surface area contributed by atoms with Gasteiger partial charge in [0.15, 0.2) is 0 Å². The Balaban J connectivity index is 1.81. The number of thiazole rings is 1. The van der Waals surface area contributed by atoms with Crippen LogP contribution >= 0.6 is 45.9 Å². The van der Waals surface area contributed by atoms with E-state index in [1.165, 1.54) is 23.5 Å². The lowest BCUT2D eigenvalue weighted by Crippen LogP contribution is -2.23. The Morgan fingerprint density at radius 1 is 1.25 bits per heavy atom. The number of benzene rings is 1. The molecule has 0 saturated carbocycles. The van der Waals surface area contributed by atoms with Crippen LogP contribution in [0.4, 0.5) is 0 Å². The van der Waals surface area contributed by atoms with E-state index >= 15 is 0 Å². The number of nitrogens with one attached hydrogen (secondary N) is 1. The molecule has 0 bridgehead atoms. The van der Waals surface area contributed by atoms with Crippen molar-refractivity contribution in [3.05, 3.63) is 56.3 Å². The molecule has 0 saturated heterocycles. The van der Waals surface area contributed by atoms with Gasteiger partial charge in [-0.05, 0) is 36.6 Å². The van der Waals surface area contributed by atoms with Gasteiger partial charge in [-0.2, -0.15) is 0 Å². The zero-order valence-corrected chi connectivity index (χ0v) is 16.4. The van der Waals surface area contributed by atoms with Crippen molar-refractivity contribution in [1.82, 2.24) is 9.71 Å². The number of aromatic nitrogens is 1. The van der Waals surface area contributed by atoms with E-state index in [0.29, 0.717) is 5.02 Å². The molecule has 2 aromatic heterocycles. The van der Waals surface area contributed by atoms with Gasteiger partial charge in [0, 0.05) is 16.4 Å². The van der Waals surface area contributed by atoms with Gasteiger partial charge >= 0.3 is 0 Å². The third kappa shape index (κ3) is 3.82. The van der Waals surface area contributed by atoms with Crippen LogP contribution in [0.25, 0.3) is 9.88 Å². The highest BCUT2D eigenvalue weighted by Crippen LogP contribution is 2.31. The fourth-order valence-electron chi connectivity index (χ4n) is 2.02. The number of nitrogens with zero attached hydrogens (tertiary/aromatic N) is 1. The zero-order chi connectivity index (χ0) is 17.3. The van der Waals surface area contributed by atoms with E-state index in [1.54, 1.807) is 17.4 Å². The summed E-state index contributed by atoms with van der Waals surface area (Å²) in [5, 5.41) is 3.31. The predicted molar refractivity (Wildman–Crippen MR) is 101 cm³/mol. The molecule has 0 aliphatic carbocycles. The van der Waals surface area contributed by atoms with Gasteiger partial charge in [0.05, 0.1) is 15.6 Å². The molecule has 4 nitrogen and oxygen atoms in total. The van der Waals surface area contributed by atoms with Gasteiger partial charge in [0.1, 0.15) is 9.90 Å². The highest BCUT2D eigenvalue weighted by Gasteiger charge is 2.19. The fourth-order valence-corrected chi connectivity index (χ4v) is 5.67. The van der Waals surface area contributed by atoms with Crippen LogP contribution in [-0.2, 0) is 16.6 Å². The smallest absolute Gasteiger partial charge is 0.240 e. The van der Waals surface area contributed by atoms with E-state index in [1.807, 2.05) is 24.4 Å². The van der Waals surface area contributed by atoms with E-state index in [0.717, 1.165) is 20.5 Å². The number of sulfonamides is 1. The van der Waals surface area contributed by atoms with Crippen molar-refractivity contribution < 1.29 is 8.42 Å².